The Hall–Kier alpha value is -3.48. The highest BCUT2D eigenvalue weighted by Crippen LogP contribution is 2.42. The highest BCUT2D eigenvalue weighted by atomic mass is 19.4. The van der Waals surface area contributed by atoms with E-state index in [1.165, 1.54) is 18.2 Å². The molecule has 1 spiro atoms. The van der Waals surface area contributed by atoms with Crippen LogP contribution in [0.3, 0.4) is 0 Å². The summed E-state index contributed by atoms with van der Waals surface area (Å²) in [4.78, 5) is 22.3. The highest BCUT2D eigenvalue weighted by molar-refractivity contribution is 5.76. The van der Waals surface area contributed by atoms with Gasteiger partial charge in [0.15, 0.2) is 0 Å². The number of rotatable bonds is 6. The van der Waals surface area contributed by atoms with E-state index in [2.05, 4.69) is 25.9 Å². The Labute approximate surface area is 218 Å². The van der Waals surface area contributed by atoms with Crippen LogP contribution in [-0.4, -0.2) is 67.5 Å². The van der Waals surface area contributed by atoms with Crippen molar-refractivity contribution in [1.29, 1.82) is 0 Å². The molecule has 0 amide bonds. The summed E-state index contributed by atoms with van der Waals surface area (Å²) in [5, 5.41) is 9.52. The van der Waals surface area contributed by atoms with Crippen LogP contribution in [0.15, 0.2) is 24.3 Å². The number of alkyl halides is 3. The molecule has 2 fully saturated rings. The normalized spacial score (nSPS) is 21.3. The summed E-state index contributed by atoms with van der Waals surface area (Å²) < 4.78 is 52.9. The summed E-state index contributed by atoms with van der Waals surface area (Å²) in [7, 11) is 0. The Kier molecular flexibility index (Phi) is 7.12. The van der Waals surface area contributed by atoms with Gasteiger partial charge in [-0.3, -0.25) is 4.79 Å². The third-order valence-electron chi connectivity index (χ3n) is 7.42. The number of piperidine rings is 1. The van der Waals surface area contributed by atoms with Crippen molar-refractivity contribution >= 4 is 29.1 Å². The molecule has 38 heavy (non-hydrogen) atoms. The van der Waals surface area contributed by atoms with Gasteiger partial charge in [-0.1, -0.05) is 6.07 Å². The molecule has 5 N–H and O–H groups in total. The predicted octanol–water partition coefficient (Wildman–Crippen LogP) is 3.09. The zero-order valence-electron chi connectivity index (χ0n) is 21.1. The molecule has 0 unspecified atom stereocenters. The van der Waals surface area contributed by atoms with E-state index in [9.17, 15) is 18.0 Å². The van der Waals surface area contributed by atoms with E-state index in [0.717, 1.165) is 18.5 Å². The van der Waals surface area contributed by atoms with Gasteiger partial charge in [0.1, 0.15) is 11.9 Å². The summed E-state index contributed by atoms with van der Waals surface area (Å²) >= 11 is 0. The molecule has 2 aromatic rings. The van der Waals surface area contributed by atoms with Crippen molar-refractivity contribution in [3.63, 3.8) is 0 Å². The van der Waals surface area contributed by atoms with E-state index in [1.54, 1.807) is 13.0 Å². The number of nitrogens with zero attached hydrogens (tertiary/aromatic N) is 3. The van der Waals surface area contributed by atoms with Gasteiger partial charge in [-0.2, -0.15) is 23.1 Å². The number of halogens is 3. The van der Waals surface area contributed by atoms with E-state index in [1.807, 2.05) is 4.90 Å². The van der Waals surface area contributed by atoms with E-state index < -0.39 is 12.3 Å². The fourth-order valence-corrected chi connectivity index (χ4v) is 5.43. The first-order valence-corrected chi connectivity index (χ1v) is 12.8. The maximum Gasteiger partial charge on any atom is 0.429 e. The number of carbonyl (C=O) groups is 1. The molecule has 3 aliphatic rings. The van der Waals surface area contributed by atoms with Crippen LogP contribution in [0.25, 0.3) is 0 Å². The number of carbonyl (C=O) groups excluding carboxylic acids is 1. The quantitative estimate of drug-likeness (QED) is 0.410. The van der Waals surface area contributed by atoms with Crippen molar-refractivity contribution in [2.24, 2.45) is 5.41 Å². The van der Waals surface area contributed by atoms with Gasteiger partial charge in [-0.05, 0) is 43.7 Å². The zero-order valence-corrected chi connectivity index (χ0v) is 21.1. The molecule has 10 nitrogen and oxygen atoms in total. The topological polar surface area (TPSA) is 127 Å². The molecule has 0 bridgehead atoms. The molecule has 206 valence electrons. The third kappa shape index (κ3) is 5.52. The summed E-state index contributed by atoms with van der Waals surface area (Å²) in [5.41, 5.74) is 7.13. The van der Waals surface area contributed by atoms with Gasteiger partial charge in [0.25, 0.3) is 0 Å². The zero-order chi connectivity index (χ0) is 26.9. The number of fused-ring (bicyclic) bond motifs is 1. The Morgan fingerprint density at radius 1 is 1.18 bits per heavy atom. The number of esters is 1. The Balaban J connectivity index is 1.30. The van der Waals surface area contributed by atoms with Crippen LogP contribution >= 0.6 is 0 Å². The van der Waals surface area contributed by atoms with Crippen molar-refractivity contribution in [2.75, 3.05) is 60.6 Å². The first-order valence-electron chi connectivity index (χ1n) is 12.8. The molecule has 3 aliphatic heterocycles. The Bertz CT molecular complexity index is 1170. The third-order valence-corrected chi connectivity index (χ3v) is 7.42. The average molecular weight is 536 g/mol. The van der Waals surface area contributed by atoms with Gasteiger partial charge < -0.3 is 36.1 Å². The second-order valence-electron chi connectivity index (χ2n) is 10.00. The number of nitrogens with one attached hydrogen (secondary N) is 3. The van der Waals surface area contributed by atoms with Gasteiger partial charge in [-0.15, -0.1) is 0 Å². The lowest BCUT2D eigenvalue weighted by Gasteiger charge is -2.39. The van der Waals surface area contributed by atoms with Crippen molar-refractivity contribution in [2.45, 2.75) is 44.5 Å². The molecule has 2 saturated heterocycles. The second kappa shape index (κ2) is 10.4. The molecule has 4 heterocycles. The molecular formula is C25H32F3N7O3. The van der Waals surface area contributed by atoms with E-state index in [0.29, 0.717) is 57.3 Å². The van der Waals surface area contributed by atoms with E-state index >= 15 is 0 Å². The van der Waals surface area contributed by atoms with Crippen LogP contribution in [0.1, 0.15) is 37.9 Å². The molecule has 0 aliphatic carbocycles. The van der Waals surface area contributed by atoms with Crippen molar-refractivity contribution in [1.82, 2.24) is 15.3 Å². The van der Waals surface area contributed by atoms with Gasteiger partial charge in [-0.25, -0.2) is 0 Å². The lowest BCUT2D eigenvalue weighted by Crippen LogP contribution is -2.41. The van der Waals surface area contributed by atoms with Gasteiger partial charge in [0.2, 0.25) is 17.9 Å². The monoisotopic (exact) mass is 535 g/mol. The lowest BCUT2D eigenvalue weighted by molar-refractivity contribution is -0.198. The molecule has 0 saturated carbocycles. The van der Waals surface area contributed by atoms with E-state index in [4.69, 9.17) is 15.2 Å². The number of nitrogens with two attached hydrogens (primary N) is 1. The fourth-order valence-electron chi connectivity index (χ4n) is 5.43. The van der Waals surface area contributed by atoms with Gasteiger partial charge in [0, 0.05) is 44.4 Å². The maximum atomic E-state index is 14.1. The first-order chi connectivity index (χ1) is 18.2. The number of ether oxygens (including phenoxy) is 2. The van der Waals surface area contributed by atoms with Gasteiger partial charge in [0.05, 0.1) is 18.0 Å². The largest absolute Gasteiger partial charge is 0.465 e. The smallest absolute Gasteiger partial charge is 0.429 e. The Morgan fingerprint density at radius 2 is 1.92 bits per heavy atom. The van der Waals surface area contributed by atoms with Crippen LogP contribution in [0.5, 0.6) is 5.88 Å². The minimum Gasteiger partial charge on any atom is -0.465 e. The van der Waals surface area contributed by atoms with Crippen LogP contribution in [0, 0.1) is 5.41 Å². The minimum absolute atomic E-state index is 0.0391. The van der Waals surface area contributed by atoms with Crippen LogP contribution < -0.4 is 31.3 Å². The molecule has 1 aromatic carbocycles. The fraction of sp³-hybridized carbons (Fsp3) is 0.560. The molecule has 13 heteroatoms. The number of anilines is 4. The molecule has 1 aromatic heterocycles. The van der Waals surface area contributed by atoms with Crippen LogP contribution in [0.4, 0.5) is 36.3 Å². The van der Waals surface area contributed by atoms with E-state index in [-0.39, 0.29) is 34.8 Å². The number of hydrogen-bond acceptors (Lipinski definition) is 10. The van der Waals surface area contributed by atoms with Crippen molar-refractivity contribution in [3.05, 3.63) is 29.8 Å². The molecular weight excluding hydrogens is 503 g/mol. The van der Waals surface area contributed by atoms with Crippen LogP contribution in [0.2, 0.25) is 0 Å². The molecule has 2 atom stereocenters. The highest BCUT2D eigenvalue weighted by Gasteiger charge is 2.45. The minimum atomic E-state index is -4.68. The van der Waals surface area contributed by atoms with Crippen LogP contribution in [-0.2, 0) is 9.53 Å². The maximum absolute atomic E-state index is 14.1. The molecule has 5 rings (SSSR count). The summed E-state index contributed by atoms with van der Waals surface area (Å²) in [6, 6.07) is 5.52. The molecule has 0 radical (unpaired) electrons. The number of aromatic nitrogens is 2. The second-order valence-corrected chi connectivity index (χ2v) is 10.00. The number of hydrogen-bond donors (Lipinski definition) is 4. The summed E-state index contributed by atoms with van der Waals surface area (Å²) in [6.45, 7) is 5.35. The van der Waals surface area contributed by atoms with Gasteiger partial charge >= 0.3 is 12.1 Å². The van der Waals surface area contributed by atoms with Crippen molar-refractivity contribution < 1.29 is 27.4 Å². The Morgan fingerprint density at radius 3 is 2.63 bits per heavy atom. The number of benzene rings is 1. The lowest BCUT2D eigenvalue weighted by atomic mass is 9.76. The predicted molar refractivity (Wildman–Crippen MR) is 136 cm³/mol. The SMILES string of the molecule is CCOC(=O)[C@@H]1CC2(CCN(c3cc(O[C@H](c4ccc5c(c4)NCCN5)C(F)(F)F)nc(N)n3)CC2)CN1. The first kappa shape index (κ1) is 26.1. The average Bonchev–Trinajstić information content (AvgIpc) is 3.30. The summed E-state index contributed by atoms with van der Waals surface area (Å²) in [5.74, 6) is -0.237. The van der Waals surface area contributed by atoms with Crippen molar-refractivity contribution in [3.8, 4) is 5.88 Å². The standard InChI is InChI=1S/C25H32F3N7O3/c1-2-37-22(36)18-13-24(14-32-18)5-9-35(10-6-24)19-12-20(34-23(29)33-19)38-21(25(26,27)28)15-3-4-16-17(11-15)31-8-7-30-16/h3-4,11-12,18,21,30-32H,2,5-10,13-14H2,1H3,(H2,29,33,34)/t18-,21+/m0/s1. The summed E-state index contributed by atoms with van der Waals surface area (Å²) in [6.07, 6.45) is -4.64. The number of nitrogen functional groups attached to an aromatic ring is 1.